The van der Waals surface area contributed by atoms with Crippen molar-refractivity contribution in [2.75, 3.05) is 12.5 Å². The normalized spacial score (nSPS) is 14.3. The third kappa shape index (κ3) is 2.50. The van der Waals surface area contributed by atoms with Gasteiger partial charge in [0.2, 0.25) is 6.79 Å². The molecule has 0 bridgehead atoms. The molecule has 18 heavy (non-hydrogen) atoms. The molecule has 5 heteroatoms. The molecule has 2 N–H and O–H groups in total. The summed E-state index contributed by atoms with van der Waals surface area (Å²) in [6.45, 7) is 4.06. The van der Waals surface area contributed by atoms with Crippen LogP contribution in [0.25, 0.3) is 0 Å². The molecule has 0 aliphatic carbocycles. The lowest BCUT2D eigenvalue weighted by Crippen LogP contribution is -2.16. The average molecular weight is 251 g/mol. The number of rotatable bonds is 4. The third-order valence-corrected chi connectivity index (χ3v) is 2.77. The predicted molar refractivity (Wildman–Crippen MR) is 66.8 cm³/mol. The second-order valence-corrected chi connectivity index (χ2v) is 4.30. The number of fused-ring (bicyclic) bond motifs is 1. The van der Waals surface area contributed by atoms with E-state index in [2.05, 4.69) is 0 Å². The molecule has 0 spiro atoms. The number of carbonyl (C=O) groups excluding carboxylic acids is 1. The van der Waals surface area contributed by atoms with Gasteiger partial charge >= 0.3 is 5.97 Å². The van der Waals surface area contributed by atoms with E-state index in [0.717, 1.165) is 12.8 Å². The summed E-state index contributed by atoms with van der Waals surface area (Å²) in [5.74, 6) is 0.664. The number of benzene rings is 1. The van der Waals surface area contributed by atoms with Crippen LogP contribution in [-0.2, 0) is 4.74 Å². The van der Waals surface area contributed by atoms with Crippen molar-refractivity contribution in [2.45, 2.75) is 32.8 Å². The highest BCUT2D eigenvalue weighted by atomic mass is 16.7. The molecule has 1 aliphatic heterocycles. The first-order valence-electron chi connectivity index (χ1n) is 6.02. The van der Waals surface area contributed by atoms with Gasteiger partial charge in [0, 0.05) is 12.1 Å². The van der Waals surface area contributed by atoms with Crippen molar-refractivity contribution in [3.63, 3.8) is 0 Å². The zero-order valence-electron chi connectivity index (χ0n) is 10.6. The highest BCUT2D eigenvalue weighted by molar-refractivity contribution is 5.96. The molecular weight excluding hydrogens is 234 g/mol. The van der Waals surface area contributed by atoms with Crippen molar-refractivity contribution in [1.82, 2.24) is 0 Å². The van der Waals surface area contributed by atoms with E-state index >= 15 is 0 Å². The van der Waals surface area contributed by atoms with Crippen LogP contribution in [0, 0.1) is 0 Å². The first-order valence-corrected chi connectivity index (χ1v) is 6.02. The molecule has 0 aromatic heterocycles. The quantitative estimate of drug-likeness (QED) is 0.657. The summed E-state index contributed by atoms with van der Waals surface area (Å²) in [6, 6.07) is 3.15. The van der Waals surface area contributed by atoms with E-state index in [4.69, 9.17) is 19.9 Å². The summed E-state index contributed by atoms with van der Waals surface area (Å²) in [5.41, 5.74) is 6.47. The summed E-state index contributed by atoms with van der Waals surface area (Å²) in [7, 11) is 0. The molecule has 1 aromatic carbocycles. The minimum Gasteiger partial charge on any atom is -0.459 e. The second kappa shape index (κ2) is 5.16. The van der Waals surface area contributed by atoms with E-state index in [1.54, 1.807) is 12.1 Å². The van der Waals surface area contributed by atoms with Gasteiger partial charge in [0.1, 0.15) is 0 Å². The van der Waals surface area contributed by atoms with E-state index in [0.29, 0.717) is 22.7 Å². The van der Waals surface area contributed by atoms with Crippen LogP contribution in [0.2, 0.25) is 0 Å². The van der Waals surface area contributed by atoms with E-state index < -0.39 is 5.97 Å². The first-order chi connectivity index (χ1) is 8.61. The molecule has 5 nitrogen and oxygen atoms in total. The van der Waals surface area contributed by atoms with Gasteiger partial charge in [0.05, 0.1) is 17.4 Å². The van der Waals surface area contributed by atoms with Gasteiger partial charge in [0.25, 0.3) is 0 Å². The van der Waals surface area contributed by atoms with Gasteiger partial charge in [0.15, 0.2) is 11.5 Å². The largest absolute Gasteiger partial charge is 0.459 e. The summed E-state index contributed by atoms with van der Waals surface area (Å²) in [6.07, 6.45) is 1.67. The lowest BCUT2D eigenvalue weighted by molar-refractivity contribution is 0.0324. The number of hydrogen-bond donors (Lipinski definition) is 1. The maximum absolute atomic E-state index is 12.0. The summed E-state index contributed by atoms with van der Waals surface area (Å²) in [4.78, 5) is 12.0. The number of ether oxygens (including phenoxy) is 3. The third-order valence-electron chi connectivity index (χ3n) is 2.77. The lowest BCUT2D eigenvalue weighted by Gasteiger charge is -2.13. The molecule has 0 saturated heterocycles. The Balaban J connectivity index is 2.15. The summed E-state index contributed by atoms with van der Waals surface area (Å²) in [5, 5.41) is 0. The second-order valence-electron chi connectivity index (χ2n) is 4.30. The number of nitrogens with two attached hydrogens (primary N) is 1. The van der Waals surface area contributed by atoms with Crippen molar-refractivity contribution in [3.8, 4) is 11.5 Å². The van der Waals surface area contributed by atoms with Gasteiger partial charge in [-0.15, -0.1) is 0 Å². The summed E-state index contributed by atoms with van der Waals surface area (Å²) < 4.78 is 15.7. The molecule has 0 amide bonds. The minimum absolute atomic E-state index is 0.118. The zero-order valence-corrected chi connectivity index (χ0v) is 10.6. The van der Waals surface area contributed by atoms with Gasteiger partial charge in [-0.05, 0) is 13.3 Å². The Labute approximate surface area is 106 Å². The van der Waals surface area contributed by atoms with Crippen molar-refractivity contribution in [1.29, 1.82) is 0 Å². The fourth-order valence-corrected chi connectivity index (χ4v) is 1.85. The molecular formula is C13H17NO4. The molecule has 1 aromatic rings. The fraction of sp³-hybridized carbons (Fsp3) is 0.462. The first kappa shape index (κ1) is 12.5. The SMILES string of the molecule is CCCC(C)OC(=O)c1cc2c(cc1N)OCO2. The molecule has 1 atom stereocenters. The van der Waals surface area contributed by atoms with Crippen LogP contribution in [0.4, 0.5) is 5.69 Å². The van der Waals surface area contributed by atoms with E-state index in [1.165, 1.54) is 0 Å². The Morgan fingerprint density at radius 1 is 1.44 bits per heavy atom. The van der Waals surface area contributed by atoms with Gasteiger partial charge < -0.3 is 19.9 Å². The average Bonchev–Trinajstić information content (AvgIpc) is 2.74. The standard InChI is InChI=1S/C13H17NO4/c1-3-4-8(2)18-13(15)9-5-11-12(6-10(9)14)17-7-16-11/h5-6,8H,3-4,7,14H2,1-2H3. The number of hydrogen-bond acceptors (Lipinski definition) is 5. The van der Waals surface area contributed by atoms with E-state index in [-0.39, 0.29) is 12.9 Å². The number of carbonyl (C=O) groups is 1. The van der Waals surface area contributed by atoms with E-state index in [1.807, 2.05) is 13.8 Å². The van der Waals surface area contributed by atoms with Gasteiger partial charge in [-0.3, -0.25) is 0 Å². The smallest absolute Gasteiger partial charge is 0.340 e. The van der Waals surface area contributed by atoms with Crippen LogP contribution >= 0.6 is 0 Å². The maximum Gasteiger partial charge on any atom is 0.340 e. The highest BCUT2D eigenvalue weighted by Crippen LogP contribution is 2.36. The number of nitrogen functional groups attached to an aromatic ring is 1. The molecule has 1 aliphatic rings. The molecule has 0 fully saturated rings. The number of anilines is 1. The molecule has 98 valence electrons. The van der Waals surface area contributed by atoms with Gasteiger partial charge in [-0.2, -0.15) is 0 Å². The van der Waals surface area contributed by atoms with Gasteiger partial charge in [-0.1, -0.05) is 13.3 Å². The summed E-state index contributed by atoms with van der Waals surface area (Å²) >= 11 is 0. The minimum atomic E-state index is -0.424. The Morgan fingerprint density at radius 2 is 2.11 bits per heavy atom. The Hall–Kier alpha value is -1.91. The van der Waals surface area contributed by atoms with Crippen LogP contribution in [-0.4, -0.2) is 18.9 Å². The maximum atomic E-state index is 12.0. The van der Waals surface area contributed by atoms with Crippen LogP contribution in [0.15, 0.2) is 12.1 Å². The Bertz CT molecular complexity index is 459. The molecule has 0 saturated carbocycles. The van der Waals surface area contributed by atoms with Crippen LogP contribution in [0.5, 0.6) is 11.5 Å². The zero-order chi connectivity index (χ0) is 13.1. The molecule has 0 radical (unpaired) electrons. The topological polar surface area (TPSA) is 70.8 Å². The number of esters is 1. The molecule has 1 unspecified atom stereocenters. The highest BCUT2D eigenvalue weighted by Gasteiger charge is 2.21. The lowest BCUT2D eigenvalue weighted by atomic mass is 10.1. The van der Waals surface area contributed by atoms with Crippen LogP contribution in [0.3, 0.4) is 0 Å². The van der Waals surface area contributed by atoms with E-state index in [9.17, 15) is 4.79 Å². The van der Waals surface area contributed by atoms with Crippen molar-refractivity contribution in [2.24, 2.45) is 0 Å². The molecule has 1 heterocycles. The van der Waals surface area contributed by atoms with Crippen LogP contribution in [0.1, 0.15) is 37.0 Å². The monoisotopic (exact) mass is 251 g/mol. The van der Waals surface area contributed by atoms with Crippen molar-refractivity contribution < 1.29 is 19.0 Å². The van der Waals surface area contributed by atoms with Gasteiger partial charge in [-0.25, -0.2) is 4.79 Å². The Kier molecular flexibility index (Phi) is 3.60. The van der Waals surface area contributed by atoms with Crippen LogP contribution < -0.4 is 15.2 Å². The van der Waals surface area contributed by atoms with Crippen molar-refractivity contribution in [3.05, 3.63) is 17.7 Å². The molecule has 2 rings (SSSR count). The predicted octanol–water partition coefficient (Wildman–Crippen LogP) is 2.34. The Morgan fingerprint density at radius 3 is 2.78 bits per heavy atom. The van der Waals surface area contributed by atoms with Crippen molar-refractivity contribution >= 4 is 11.7 Å². The fourth-order valence-electron chi connectivity index (χ4n) is 1.85.